The highest BCUT2D eigenvalue weighted by Gasteiger charge is 2.15. The van der Waals surface area contributed by atoms with Crippen molar-refractivity contribution >= 4 is 24.1 Å². The Morgan fingerprint density at radius 2 is 2.00 bits per heavy atom. The lowest BCUT2D eigenvalue weighted by molar-refractivity contribution is -0.384. The number of likely N-dealkylation sites (N-methyl/N-ethyl adjacent to an activating group) is 1. The van der Waals surface area contributed by atoms with Crippen LogP contribution in [-0.4, -0.2) is 47.1 Å². The van der Waals surface area contributed by atoms with Crippen molar-refractivity contribution in [2.24, 2.45) is 0 Å². The number of halogens is 1. The fraction of sp³-hybridized carbons (Fsp3) is 0.462. The Hall–Kier alpha value is -1.86. The Bertz CT molecular complexity index is 466. The molecule has 1 N–H and O–H groups in total. The summed E-state index contributed by atoms with van der Waals surface area (Å²) < 4.78 is 5.43. The Balaban J connectivity index is 0.00000400. The number of hydrogen-bond donors (Lipinski definition) is 1. The van der Waals surface area contributed by atoms with Crippen LogP contribution in [0, 0.1) is 10.1 Å². The largest absolute Gasteiger partial charge is 0.494 e. The molecule has 0 aliphatic rings. The van der Waals surface area contributed by atoms with E-state index in [9.17, 15) is 14.9 Å². The summed E-state index contributed by atoms with van der Waals surface area (Å²) in [5.41, 5.74) is 0.0207. The first kappa shape index (κ1) is 19.1. The van der Waals surface area contributed by atoms with E-state index in [2.05, 4.69) is 0 Å². The quantitative estimate of drug-likeness (QED) is 0.448. The van der Waals surface area contributed by atoms with Crippen molar-refractivity contribution in [3.05, 3.63) is 34.4 Å². The molecule has 8 heteroatoms. The zero-order valence-corrected chi connectivity index (χ0v) is 12.7. The molecular weight excluding hydrogens is 300 g/mol. The van der Waals surface area contributed by atoms with E-state index in [0.29, 0.717) is 25.3 Å². The van der Waals surface area contributed by atoms with Gasteiger partial charge in [0, 0.05) is 18.7 Å². The summed E-state index contributed by atoms with van der Waals surface area (Å²) in [6, 6.07) is 5.32. The van der Waals surface area contributed by atoms with Crippen LogP contribution in [0.2, 0.25) is 0 Å². The molecule has 7 nitrogen and oxygen atoms in total. The van der Waals surface area contributed by atoms with Gasteiger partial charge < -0.3 is 9.84 Å². The predicted molar refractivity (Wildman–Crippen MR) is 80.2 cm³/mol. The lowest BCUT2D eigenvalue weighted by atomic mass is 10.3. The van der Waals surface area contributed by atoms with E-state index in [-0.39, 0.29) is 18.1 Å². The van der Waals surface area contributed by atoms with Crippen LogP contribution >= 0.6 is 12.4 Å². The number of ether oxygens (including phenoxy) is 1. The molecule has 1 unspecified atom stereocenters. The standard InChI is InChI=1S/C13H18N2O5.ClH/c1-10(13(16)17)14(2)8-3-9-20-12-6-4-11(5-7-12)15(18)19;/h4-7,10H,3,8-9H2,1-2H3,(H,16,17);1H. The van der Waals surface area contributed by atoms with E-state index in [1.807, 2.05) is 0 Å². The molecule has 0 saturated heterocycles. The van der Waals surface area contributed by atoms with Crippen molar-refractivity contribution in [3.63, 3.8) is 0 Å². The van der Waals surface area contributed by atoms with Gasteiger partial charge in [-0.05, 0) is 32.5 Å². The molecule has 0 aromatic heterocycles. The third kappa shape index (κ3) is 6.42. The number of nitro benzene ring substituents is 1. The first-order chi connectivity index (χ1) is 9.41. The maximum atomic E-state index is 10.8. The third-order valence-corrected chi connectivity index (χ3v) is 2.99. The van der Waals surface area contributed by atoms with Gasteiger partial charge in [0.05, 0.1) is 11.5 Å². The lowest BCUT2D eigenvalue weighted by Gasteiger charge is -2.20. The van der Waals surface area contributed by atoms with Crippen LogP contribution in [0.3, 0.4) is 0 Å². The minimum absolute atomic E-state index is 0. The summed E-state index contributed by atoms with van der Waals surface area (Å²) in [6.07, 6.45) is 0.672. The molecule has 1 rings (SSSR count). The van der Waals surface area contributed by atoms with Crippen molar-refractivity contribution in [2.75, 3.05) is 20.2 Å². The monoisotopic (exact) mass is 318 g/mol. The van der Waals surface area contributed by atoms with Crippen LogP contribution in [0.5, 0.6) is 5.75 Å². The predicted octanol–water partition coefficient (Wildman–Crippen LogP) is 2.19. The van der Waals surface area contributed by atoms with Crippen LogP contribution in [0.1, 0.15) is 13.3 Å². The Morgan fingerprint density at radius 3 is 2.48 bits per heavy atom. The number of carboxylic acid groups (broad SMARTS) is 1. The van der Waals surface area contributed by atoms with Gasteiger partial charge in [-0.15, -0.1) is 12.4 Å². The number of carbonyl (C=O) groups is 1. The van der Waals surface area contributed by atoms with Gasteiger partial charge in [0.1, 0.15) is 11.8 Å². The van der Waals surface area contributed by atoms with E-state index in [1.54, 1.807) is 31.0 Å². The molecule has 1 aromatic rings. The molecule has 0 aliphatic heterocycles. The topological polar surface area (TPSA) is 92.9 Å². The van der Waals surface area contributed by atoms with Gasteiger partial charge >= 0.3 is 5.97 Å². The average Bonchev–Trinajstić information content (AvgIpc) is 2.42. The van der Waals surface area contributed by atoms with E-state index in [0.717, 1.165) is 0 Å². The SMILES string of the molecule is CC(C(=O)O)N(C)CCCOc1ccc([N+](=O)[O-])cc1.Cl. The molecular formula is C13H19ClN2O5. The molecule has 1 atom stereocenters. The van der Waals surface area contributed by atoms with E-state index in [4.69, 9.17) is 9.84 Å². The minimum atomic E-state index is -0.858. The molecule has 0 fully saturated rings. The number of aliphatic carboxylic acids is 1. The highest BCUT2D eigenvalue weighted by molar-refractivity contribution is 5.85. The first-order valence-corrected chi connectivity index (χ1v) is 6.22. The smallest absolute Gasteiger partial charge is 0.320 e. The molecule has 0 radical (unpaired) electrons. The summed E-state index contributed by atoms with van der Waals surface area (Å²) in [6.45, 7) is 2.65. The second-order valence-electron chi connectivity index (χ2n) is 4.45. The summed E-state index contributed by atoms with van der Waals surface area (Å²) >= 11 is 0. The molecule has 1 aromatic carbocycles. The van der Waals surface area contributed by atoms with E-state index in [1.165, 1.54) is 12.1 Å². The van der Waals surface area contributed by atoms with Gasteiger partial charge in [-0.3, -0.25) is 19.8 Å². The number of nitrogens with zero attached hydrogens (tertiary/aromatic N) is 2. The summed E-state index contributed by atoms with van der Waals surface area (Å²) in [7, 11) is 1.74. The van der Waals surface area contributed by atoms with Crippen LogP contribution in [0.25, 0.3) is 0 Å². The van der Waals surface area contributed by atoms with Gasteiger partial charge in [-0.2, -0.15) is 0 Å². The Labute approximate surface area is 129 Å². The zero-order valence-electron chi connectivity index (χ0n) is 11.9. The number of rotatable bonds is 8. The van der Waals surface area contributed by atoms with Crippen molar-refractivity contribution in [2.45, 2.75) is 19.4 Å². The highest BCUT2D eigenvalue weighted by Crippen LogP contribution is 2.17. The number of hydrogen-bond acceptors (Lipinski definition) is 5. The van der Waals surface area contributed by atoms with Gasteiger partial charge in [0.15, 0.2) is 0 Å². The highest BCUT2D eigenvalue weighted by atomic mass is 35.5. The number of nitro groups is 1. The summed E-state index contributed by atoms with van der Waals surface area (Å²) in [4.78, 5) is 22.5. The van der Waals surface area contributed by atoms with Gasteiger partial charge in [0.2, 0.25) is 0 Å². The van der Waals surface area contributed by atoms with Crippen LogP contribution < -0.4 is 4.74 Å². The summed E-state index contributed by atoms with van der Waals surface area (Å²) in [5.74, 6) is -0.298. The van der Waals surface area contributed by atoms with E-state index >= 15 is 0 Å². The van der Waals surface area contributed by atoms with Crippen LogP contribution in [0.4, 0.5) is 5.69 Å². The minimum Gasteiger partial charge on any atom is -0.494 e. The maximum absolute atomic E-state index is 10.8. The number of non-ortho nitro benzene ring substituents is 1. The van der Waals surface area contributed by atoms with Gasteiger partial charge in [-0.1, -0.05) is 0 Å². The van der Waals surface area contributed by atoms with Crippen molar-refractivity contribution in [1.29, 1.82) is 0 Å². The fourth-order valence-corrected chi connectivity index (χ4v) is 1.55. The molecule has 0 heterocycles. The molecule has 0 bridgehead atoms. The number of benzene rings is 1. The normalized spacial score (nSPS) is 11.6. The zero-order chi connectivity index (χ0) is 15.1. The van der Waals surface area contributed by atoms with Crippen LogP contribution in [-0.2, 0) is 4.79 Å². The number of carboxylic acids is 1. The first-order valence-electron chi connectivity index (χ1n) is 6.22. The molecule has 0 aliphatic carbocycles. The Kier molecular flexibility index (Phi) is 8.34. The molecule has 21 heavy (non-hydrogen) atoms. The fourth-order valence-electron chi connectivity index (χ4n) is 1.55. The summed E-state index contributed by atoms with van der Waals surface area (Å²) in [5, 5.41) is 19.3. The molecule has 0 saturated carbocycles. The second-order valence-corrected chi connectivity index (χ2v) is 4.45. The average molecular weight is 319 g/mol. The Morgan fingerprint density at radius 1 is 1.43 bits per heavy atom. The van der Waals surface area contributed by atoms with Gasteiger partial charge in [-0.25, -0.2) is 0 Å². The van der Waals surface area contributed by atoms with Crippen molar-refractivity contribution < 1.29 is 19.6 Å². The molecule has 118 valence electrons. The second kappa shape index (κ2) is 9.15. The van der Waals surface area contributed by atoms with E-state index < -0.39 is 16.9 Å². The molecule has 0 spiro atoms. The van der Waals surface area contributed by atoms with Crippen molar-refractivity contribution in [3.8, 4) is 5.75 Å². The molecule has 0 amide bonds. The van der Waals surface area contributed by atoms with Gasteiger partial charge in [0.25, 0.3) is 5.69 Å². The lowest BCUT2D eigenvalue weighted by Crippen LogP contribution is -2.36. The maximum Gasteiger partial charge on any atom is 0.320 e. The van der Waals surface area contributed by atoms with Crippen LogP contribution in [0.15, 0.2) is 24.3 Å². The third-order valence-electron chi connectivity index (χ3n) is 2.99. The van der Waals surface area contributed by atoms with Crippen molar-refractivity contribution in [1.82, 2.24) is 4.90 Å².